The average Bonchev–Trinajstić information content (AvgIpc) is 2.08. The SMILES string of the molecule is N#Cc1cc(O)c(OC(F)(F)F)[nH]c1=O. The normalized spacial score (nSPS) is 10.8. The Labute approximate surface area is 80.3 Å². The fourth-order valence-electron chi connectivity index (χ4n) is 0.779. The molecular formula is C7H3F3N2O3. The number of pyridine rings is 1. The van der Waals surface area contributed by atoms with Gasteiger partial charge in [-0.3, -0.25) is 9.78 Å². The quantitative estimate of drug-likeness (QED) is 0.734. The van der Waals surface area contributed by atoms with Crippen LogP contribution >= 0.6 is 0 Å². The Balaban J connectivity index is 3.19. The molecule has 0 amide bonds. The Kier molecular flexibility index (Phi) is 2.57. The number of halogens is 3. The summed E-state index contributed by atoms with van der Waals surface area (Å²) in [7, 11) is 0. The van der Waals surface area contributed by atoms with E-state index >= 15 is 0 Å². The molecule has 1 aromatic rings. The van der Waals surface area contributed by atoms with Crippen molar-refractivity contribution in [2.45, 2.75) is 6.36 Å². The Morgan fingerprint density at radius 1 is 1.53 bits per heavy atom. The van der Waals surface area contributed by atoms with Gasteiger partial charge in [0, 0.05) is 6.07 Å². The van der Waals surface area contributed by atoms with E-state index < -0.39 is 29.1 Å². The maximum atomic E-state index is 11.7. The second kappa shape index (κ2) is 3.53. The van der Waals surface area contributed by atoms with E-state index in [9.17, 15) is 18.0 Å². The van der Waals surface area contributed by atoms with Crippen LogP contribution in [0.2, 0.25) is 0 Å². The lowest BCUT2D eigenvalue weighted by Crippen LogP contribution is -2.21. The van der Waals surface area contributed by atoms with Crippen molar-refractivity contribution in [1.29, 1.82) is 5.26 Å². The molecule has 0 atom stereocenters. The molecule has 15 heavy (non-hydrogen) atoms. The minimum atomic E-state index is -5.03. The number of aromatic nitrogens is 1. The average molecular weight is 220 g/mol. The summed E-state index contributed by atoms with van der Waals surface area (Å²) in [4.78, 5) is 12.5. The maximum absolute atomic E-state index is 11.7. The summed E-state index contributed by atoms with van der Waals surface area (Å²) in [5.41, 5.74) is -1.59. The zero-order chi connectivity index (χ0) is 11.6. The molecule has 0 unspecified atom stereocenters. The van der Waals surface area contributed by atoms with Crippen molar-refractivity contribution in [1.82, 2.24) is 4.98 Å². The van der Waals surface area contributed by atoms with Crippen molar-refractivity contribution in [3.8, 4) is 17.7 Å². The molecule has 0 aliphatic rings. The number of nitrogens with zero attached hydrogens (tertiary/aromatic N) is 1. The summed E-state index contributed by atoms with van der Waals surface area (Å²) in [6.45, 7) is 0. The minimum Gasteiger partial charge on any atom is -0.503 e. The van der Waals surface area contributed by atoms with Crippen LogP contribution in [0, 0.1) is 11.3 Å². The Morgan fingerprint density at radius 2 is 2.13 bits per heavy atom. The fourth-order valence-corrected chi connectivity index (χ4v) is 0.779. The van der Waals surface area contributed by atoms with Gasteiger partial charge in [-0.2, -0.15) is 5.26 Å². The predicted octanol–water partition coefficient (Wildman–Crippen LogP) is 0.851. The molecule has 0 saturated heterocycles. The van der Waals surface area contributed by atoms with Gasteiger partial charge in [-0.25, -0.2) is 0 Å². The first kappa shape index (κ1) is 10.9. The van der Waals surface area contributed by atoms with Crippen LogP contribution in [0.5, 0.6) is 11.6 Å². The Bertz CT molecular complexity index is 472. The highest BCUT2D eigenvalue weighted by Gasteiger charge is 2.33. The van der Waals surface area contributed by atoms with Crippen LogP contribution in [0.1, 0.15) is 5.56 Å². The summed E-state index contributed by atoms with van der Waals surface area (Å²) < 4.78 is 38.4. The predicted molar refractivity (Wildman–Crippen MR) is 40.1 cm³/mol. The highest BCUT2D eigenvalue weighted by Crippen LogP contribution is 2.27. The fraction of sp³-hybridized carbons (Fsp3) is 0.143. The lowest BCUT2D eigenvalue weighted by molar-refractivity contribution is -0.276. The van der Waals surface area contributed by atoms with Crippen molar-refractivity contribution in [2.24, 2.45) is 0 Å². The van der Waals surface area contributed by atoms with Crippen molar-refractivity contribution in [2.75, 3.05) is 0 Å². The van der Waals surface area contributed by atoms with Gasteiger partial charge in [0.25, 0.3) is 5.56 Å². The number of alkyl halides is 3. The smallest absolute Gasteiger partial charge is 0.503 e. The highest BCUT2D eigenvalue weighted by molar-refractivity contribution is 5.39. The van der Waals surface area contributed by atoms with E-state index in [4.69, 9.17) is 10.4 Å². The molecule has 0 fully saturated rings. The number of nitriles is 1. The third kappa shape index (κ3) is 2.63. The molecule has 0 saturated carbocycles. The molecule has 5 nitrogen and oxygen atoms in total. The van der Waals surface area contributed by atoms with E-state index in [0.717, 1.165) is 0 Å². The molecule has 0 radical (unpaired) electrons. The zero-order valence-electron chi connectivity index (χ0n) is 6.92. The van der Waals surface area contributed by atoms with Crippen LogP contribution in [0.25, 0.3) is 0 Å². The lowest BCUT2D eigenvalue weighted by Gasteiger charge is -2.09. The van der Waals surface area contributed by atoms with E-state index in [1.165, 1.54) is 6.07 Å². The molecule has 1 rings (SSSR count). The summed E-state index contributed by atoms with van der Waals surface area (Å²) in [6, 6.07) is 1.97. The second-order valence-corrected chi connectivity index (χ2v) is 2.39. The Hall–Kier alpha value is -2.17. The molecule has 0 aliphatic carbocycles. The monoisotopic (exact) mass is 220 g/mol. The number of nitrogens with one attached hydrogen (secondary N) is 1. The molecule has 0 aliphatic heterocycles. The van der Waals surface area contributed by atoms with Gasteiger partial charge in [-0.1, -0.05) is 0 Å². The standard InChI is InChI=1S/C7H3F3N2O3/c8-7(9,10)15-6-4(13)1-3(2-11)5(14)12-6/h1,13H,(H,12,14). The molecule has 0 bridgehead atoms. The molecule has 1 heterocycles. The number of rotatable bonds is 1. The van der Waals surface area contributed by atoms with Crippen LogP contribution < -0.4 is 10.3 Å². The van der Waals surface area contributed by atoms with Gasteiger partial charge in [-0.05, 0) is 0 Å². The second-order valence-electron chi connectivity index (χ2n) is 2.39. The lowest BCUT2D eigenvalue weighted by atomic mass is 10.3. The molecule has 0 aromatic carbocycles. The molecular weight excluding hydrogens is 217 g/mol. The highest BCUT2D eigenvalue weighted by atomic mass is 19.4. The van der Waals surface area contributed by atoms with Gasteiger partial charge < -0.3 is 9.84 Å². The van der Waals surface area contributed by atoms with Crippen molar-refractivity contribution in [3.05, 3.63) is 22.0 Å². The van der Waals surface area contributed by atoms with Gasteiger partial charge in [0.05, 0.1) is 0 Å². The minimum absolute atomic E-state index is 0.512. The molecule has 1 aromatic heterocycles. The van der Waals surface area contributed by atoms with Gasteiger partial charge in [-0.15, -0.1) is 13.2 Å². The van der Waals surface area contributed by atoms with Gasteiger partial charge in [0.2, 0.25) is 5.88 Å². The van der Waals surface area contributed by atoms with E-state index in [-0.39, 0.29) is 0 Å². The van der Waals surface area contributed by atoms with E-state index in [0.29, 0.717) is 6.07 Å². The zero-order valence-corrected chi connectivity index (χ0v) is 6.92. The molecule has 2 N–H and O–H groups in total. The van der Waals surface area contributed by atoms with Crippen LogP contribution in [0.15, 0.2) is 10.9 Å². The Morgan fingerprint density at radius 3 is 2.60 bits per heavy atom. The van der Waals surface area contributed by atoms with Gasteiger partial charge >= 0.3 is 6.36 Å². The molecule has 8 heteroatoms. The summed E-state index contributed by atoms with van der Waals surface area (Å²) in [5.74, 6) is -2.12. The van der Waals surface area contributed by atoms with Gasteiger partial charge in [0.15, 0.2) is 5.75 Å². The number of H-pyrrole nitrogens is 1. The third-order valence-electron chi connectivity index (χ3n) is 1.32. The number of hydrogen-bond acceptors (Lipinski definition) is 4. The van der Waals surface area contributed by atoms with Crippen LogP contribution in [0.4, 0.5) is 13.2 Å². The maximum Gasteiger partial charge on any atom is 0.574 e. The summed E-state index contributed by atoms with van der Waals surface area (Å²) in [5, 5.41) is 17.3. The van der Waals surface area contributed by atoms with Crippen LogP contribution in [-0.4, -0.2) is 16.5 Å². The first-order valence-corrected chi connectivity index (χ1v) is 3.45. The van der Waals surface area contributed by atoms with Crippen LogP contribution in [0.3, 0.4) is 0 Å². The number of ether oxygens (including phenoxy) is 1. The third-order valence-corrected chi connectivity index (χ3v) is 1.32. The first-order valence-electron chi connectivity index (χ1n) is 3.45. The molecule has 0 spiro atoms. The van der Waals surface area contributed by atoms with Crippen molar-refractivity contribution >= 4 is 0 Å². The topological polar surface area (TPSA) is 86.1 Å². The van der Waals surface area contributed by atoms with Crippen molar-refractivity contribution < 1.29 is 23.0 Å². The largest absolute Gasteiger partial charge is 0.574 e. The van der Waals surface area contributed by atoms with E-state index in [1.54, 1.807) is 4.98 Å². The summed E-state index contributed by atoms with van der Waals surface area (Å²) >= 11 is 0. The number of hydrogen-bond donors (Lipinski definition) is 2. The first-order chi connectivity index (χ1) is 6.83. The van der Waals surface area contributed by atoms with E-state index in [1.807, 2.05) is 0 Å². The van der Waals surface area contributed by atoms with Crippen LogP contribution in [-0.2, 0) is 0 Å². The molecule has 80 valence electrons. The van der Waals surface area contributed by atoms with Gasteiger partial charge in [0.1, 0.15) is 11.6 Å². The number of aromatic amines is 1. The van der Waals surface area contributed by atoms with E-state index in [2.05, 4.69) is 4.74 Å². The number of aromatic hydroxyl groups is 1. The summed E-state index contributed by atoms with van der Waals surface area (Å²) in [6.07, 6.45) is -5.03. The van der Waals surface area contributed by atoms with Crippen molar-refractivity contribution in [3.63, 3.8) is 0 Å².